The van der Waals surface area contributed by atoms with Crippen molar-refractivity contribution in [1.82, 2.24) is 0 Å². The lowest BCUT2D eigenvalue weighted by molar-refractivity contribution is -0.132. The summed E-state index contributed by atoms with van der Waals surface area (Å²) in [5.41, 5.74) is 0.584. The summed E-state index contributed by atoms with van der Waals surface area (Å²) in [6.45, 7) is 2.77. The fourth-order valence-electron chi connectivity index (χ4n) is 1.15. The summed E-state index contributed by atoms with van der Waals surface area (Å²) in [5.74, 6) is -0.128. The van der Waals surface area contributed by atoms with Crippen LogP contribution in [0.15, 0.2) is 24.3 Å². The SMILES string of the molecule is CC(=O)Oc1ccccc1N(C)C(C)=O. The summed E-state index contributed by atoms with van der Waals surface area (Å²) in [6, 6.07) is 6.90. The van der Waals surface area contributed by atoms with Gasteiger partial charge in [0.2, 0.25) is 5.91 Å². The fraction of sp³-hybridized carbons (Fsp3) is 0.273. The number of amides is 1. The number of ether oxygens (including phenoxy) is 1. The average molecular weight is 207 g/mol. The predicted octanol–water partition coefficient (Wildman–Crippen LogP) is 1.59. The molecule has 0 N–H and O–H groups in total. The summed E-state index contributed by atoms with van der Waals surface area (Å²) in [4.78, 5) is 23.4. The lowest BCUT2D eigenvalue weighted by atomic mass is 10.2. The molecule has 0 aliphatic rings. The van der Waals surface area contributed by atoms with Gasteiger partial charge in [0.15, 0.2) is 5.75 Å². The third-order valence-corrected chi connectivity index (χ3v) is 1.95. The number of nitrogens with zero attached hydrogens (tertiary/aromatic N) is 1. The molecule has 1 aromatic rings. The monoisotopic (exact) mass is 207 g/mol. The highest BCUT2D eigenvalue weighted by molar-refractivity contribution is 5.93. The second kappa shape index (κ2) is 4.59. The third kappa shape index (κ3) is 2.80. The van der Waals surface area contributed by atoms with E-state index in [1.54, 1.807) is 31.3 Å². The van der Waals surface area contributed by atoms with Crippen molar-refractivity contribution in [2.45, 2.75) is 13.8 Å². The second-order valence-corrected chi connectivity index (χ2v) is 3.14. The van der Waals surface area contributed by atoms with Crippen LogP contribution >= 0.6 is 0 Å². The number of para-hydroxylation sites is 2. The molecular formula is C11H13NO3. The highest BCUT2D eigenvalue weighted by Gasteiger charge is 2.12. The van der Waals surface area contributed by atoms with E-state index in [0.29, 0.717) is 11.4 Å². The molecule has 1 amide bonds. The smallest absolute Gasteiger partial charge is 0.308 e. The van der Waals surface area contributed by atoms with Gasteiger partial charge in [-0.2, -0.15) is 0 Å². The van der Waals surface area contributed by atoms with E-state index in [1.165, 1.54) is 18.7 Å². The van der Waals surface area contributed by atoms with E-state index in [9.17, 15) is 9.59 Å². The Morgan fingerprint density at radius 2 is 1.80 bits per heavy atom. The van der Waals surface area contributed by atoms with Crippen LogP contribution in [0.4, 0.5) is 5.69 Å². The van der Waals surface area contributed by atoms with Gasteiger partial charge in [0.1, 0.15) is 0 Å². The van der Waals surface area contributed by atoms with Crippen molar-refractivity contribution in [3.63, 3.8) is 0 Å². The van der Waals surface area contributed by atoms with Crippen molar-refractivity contribution >= 4 is 17.6 Å². The molecule has 0 heterocycles. The Labute approximate surface area is 88.5 Å². The number of carbonyl (C=O) groups is 2. The lowest BCUT2D eigenvalue weighted by Gasteiger charge is -2.17. The van der Waals surface area contributed by atoms with E-state index in [-0.39, 0.29) is 5.91 Å². The zero-order chi connectivity index (χ0) is 11.4. The van der Waals surface area contributed by atoms with Gasteiger partial charge in [0.25, 0.3) is 0 Å². The number of rotatable bonds is 2. The minimum absolute atomic E-state index is 0.116. The Bertz CT molecular complexity index is 387. The molecule has 0 fully saturated rings. The van der Waals surface area contributed by atoms with Gasteiger partial charge in [-0.1, -0.05) is 12.1 Å². The first-order valence-corrected chi connectivity index (χ1v) is 4.54. The average Bonchev–Trinajstić information content (AvgIpc) is 2.16. The zero-order valence-corrected chi connectivity index (χ0v) is 8.98. The second-order valence-electron chi connectivity index (χ2n) is 3.14. The molecule has 0 aliphatic carbocycles. The maximum Gasteiger partial charge on any atom is 0.308 e. The van der Waals surface area contributed by atoms with Crippen LogP contribution < -0.4 is 9.64 Å². The van der Waals surface area contributed by atoms with Gasteiger partial charge in [-0.05, 0) is 12.1 Å². The predicted molar refractivity (Wildman–Crippen MR) is 56.8 cm³/mol. The Kier molecular flexibility index (Phi) is 3.44. The van der Waals surface area contributed by atoms with Gasteiger partial charge in [0, 0.05) is 20.9 Å². The van der Waals surface area contributed by atoms with Crippen LogP contribution in [-0.4, -0.2) is 18.9 Å². The van der Waals surface area contributed by atoms with Crippen LogP contribution in [0.25, 0.3) is 0 Å². The fourth-order valence-corrected chi connectivity index (χ4v) is 1.15. The largest absolute Gasteiger partial charge is 0.424 e. The van der Waals surface area contributed by atoms with Gasteiger partial charge in [-0.25, -0.2) is 0 Å². The molecule has 0 radical (unpaired) electrons. The Balaban J connectivity index is 3.05. The van der Waals surface area contributed by atoms with Gasteiger partial charge in [-0.3, -0.25) is 9.59 Å². The molecule has 0 saturated heterocycles. The molecule has 80 valence electrons. The molecule has 1 rings (SSSR count). The van der Waals surface area contributed by atoms with E-state index in [4.69, 9.17) is 4.74 Å². The molecular weight excluding hydrogens is 194 g/mol. The minimum Gasteiger partial charge on any atom is -0.424 e. The van der Waals surface area contributed by atoms with Crippen molar-refractivity contribution in [2.75, 3.05) is 11.9 Å². The van der Waals surface area contributed by atoms with Crippen LogP contribution in [0.2, 0.25) is 0 Å². The maximum absolute atomic E-state index is 11.2. The van der Waals surface area contributed by atoms with E-state index >= 15 is 0 Å². The molecule has 0 bridgehead atoms. The van der Waals surface area contributed by atoms with Crippen molar-refractivity contribution in [3.8, 4) is 5.75 Å². The molecule has 0 aliphatic heterocycles. The lowest BCUT2D eigenvalue weighted by Crippen LogP contribution is -2.23. The summed E-state index contributed by atoms with van der Waals surface area (Å²) in [7, 11) is 1.63. The van der Waals surface area contributed by atoms with Crippen LogP contribution in [0.5, 0.6) is 5.75 Å². The molecule has 0 spiro atoms. The Morgan fingerprint density at radius 1 is 1.20 bits per heavy atom. The number of anilines is 1. The molecule has 4 heteroatoms. The molecule has 0 aromatic heterocycles. The van der Waals surface area contributed by atoms with Crippen molar-refractivity contribution in [2.24, 2.45) is 0 Å². The van der Waals surface area contributed by atoms with Gasteiger partial charge in [-0.15, -0.1) is 0 Å². The van der Waals surface area contributed by atoms with E-state index in [2.05, 4.69) is 0 Å². The van der Waals surface area contributed by atoms with Crippen LogP contribution in [0, 0.1) is 0 Å². The van der Waals surface area contributed by atoms with Crippen molar-refractivity contribution < 1.29 is 14.3 Å². The topological polar surface area (TPSA) is 46.6 Å². The molecule has 1 aromatic carbocycles. The van der Waals surface area contributed by atoms with Gasteiger partial charge < -0.3 is 9.64 Å². The number of benzene rings is 1. The Hall–Kier alpha value is -1.84. The normalized spacial score (nSPS) is 9.53. The molecule has 0 unspecified atom stereocenters. The summed E-state index contributed by atoms with van der Waals surface area (Å²) >= 11 is 0. The van der Waals surface area contributed by atoms with E-state index in [0.717, 1.165) is 0 Å². The summed E-state index contributed by atoms with van der Waals surface area (Å²) < 4.78 is 4.98. The first kappa shape index (κ1) is 11.2. The standard InChI is InChI=1S/C11H13NO3/c1-8(13)12(3)10-6-4-5-7-11(10)15-9(2)14/h4-7H,1-3H3. The number of hydrogen-bond acceptors (Lipinski definition) is 3. The first-order chi connectivity index (χ1) is 7.02. The van der Waals surface area contributed by atoms with Gasteiger partial charge >= 0.3 is 5.97 Å². The van der Waals surface area contributed by atoms with E-state index < -0.39 is 5.97 Å². The zero-order valence-electron chi connectivity index (χ0n) is 8.98. The van der Waals surface area contributed by atoms with E-state index in [1.807, 2.05) is 0 Å². The first-order valence-electron chi connectivity index (χ1n) is 4.54. The van der Waals surface area contributed by atoms with Gasteiger partial charge in [0.05, 0.1) is 5.69 Å². The highest BCUT2D eigenvalue weighted by Crippen LogP contribution is 2.27. The number of esters is 1. The summed E-state index contributed by atoms with van der Waals surface area (Å²) in [6.07, 6.45) is 0. The third-order valence-electron chi connectivity index (χ3n) is 1.95. The van der Waals surface area contributed by atoms with Crippen LogP contribution in [0.3, 0.4) is 0 Å². The number of carbonyl (C=O) groups excluding carboxylic acids is 2. The Morgan fingerprint density at radius 3 is 2.33 bits per heavy atom. The molecule has 15 heavy (non-hydrogen) atoms. The van der Waals surface area contributed by atoms with Crippen molar-refractivity contribution in [1.29, 1.82) is 0 Å². The maximum atomic E-state index is 11.2. The van der Waals surface area contributed by atoms with Crippen LogP contribution in [-0.2, 0) is 9.59 Å². The summed E-state index contributed by atoms with van der Waals surface area (Å²) in [5, 5.41) is 0. The molecule has 4 nitrogen and oxygen atoms in total. The molecule has 0 atom stereocenters. The highest BCUT2D eigenvalue weighted by atomic mass is 16.5. The quantitative estimate of drug-likeness (QED) is 0.546. The van der Waals surface area contributed by atoms with Crippen molar-refractivity contribution in [3.05, 3.63) is 24.3 Å². The molecule has 0 saturated carbocycles. The minimum atomic E-state index is -0.403. The van der Waals surface area contributed by atoms with Crippen LogP contribution in [0.1, 0.15) is 13.8 Å². The number of hydrogen-bond donors (Lipinski definition) is 0.